The third-order valence-electron chi connectivity index (χ3n) is 5.82. The molecule has 150 valence electrons. The molecule has 0 bridgehead atoms. The van der Waals surface area contributed by atoms with E-state index < -0.39 is 5.82 Å². The van der Waals surface area contributed by atoms with Crippen LogP contribution in [0.3, 0.4) is 0 Å². The monoisotopic (exact) mass is 395 g/mol. The molecule has 2 aliphatic rings. The Morgan fingerprint density at radius 2 is 1.76 bits per heavy atom. The Balaban J connectivity index is 1.32. The maximum absolute atomic E-state index is 13.5. The number of rotatable bonds is 5. The van der Waals surface area contributed by atoms with Crippen LogP contribution in [0.5, 0.6) is 0 Å². The van der Waals surface area contributed by atoms with Crippen molar-refractivity contribution in [2.45, 2.75) is 12.5 Å². The number of amides is 2. The molecule has 29 heavy (non-hydrogen) atoms. The summed E-state index contributed by atoms with van der Waals surface area (Å²) in [5.74, 6) is -0.888. The second-order valence-corrected chi connectivity index (χ2v) is 7.73. The summed E-state index contributed by atoms with van der Waals surface area (Å²) in [5, 5.41) is 0. The zero-order valence-corrected chi connectivity index (χ0v) is 16.3. The van der Waals surface area contributed by atoms with Crippen molar-refractivity contribution >= 4 is 23.6 Å². The largest absolute Gasteiger partial charge is 0.322 e. The number of piperazine rings is 1. The van der Waals surface area contributed by atoms with Gasteiger partial charge in [-0.15, -0.1) is 0 Å². The summed E-state index contributed by atoms with van der Waals surface area (Å²) in [4.78, 5) is 29.1. The van der Waals surface area contributed by atoms with E-state index >= 15 is 0 Å². The summed E-state index contributed by atoms with van der Waals surface area (Å²) in [5.41, 5.74) is 1.53. The number of halogens is 1. The normalized spacial score (nSPS) is 25.1. The molecule has 0 aromatic heterocycles. The molecule has 1 atom stereocenters. The number of carbonyl (C=O) groups is 2. The SMILES string of the molecule is O=C1C[C@@H]([NH+]2CC[NH+](C/C=C/c3ccccc3)CC2)C(=O)N1c1cccc(F)c1. The number of carbonyl (C=O) groups excluding carboxylic acids is 2. The predicted molar refractivity (Wildman–Crippen MR) is 109 cm³/mol. The smallest absolute Gasteiger partial charge is 0.292 e. The molecule has 2 aromatic carbocycles. The van der Waals surface area contributed by atoms with Gasteiger partial charge in [0.15, 0.2) is 6.04 Å². The lowest BCUT2D eigenvalue weighted by atomic mass is 10.1. The lowest BCUT2D eigenvalue weighted by Gasteiger charge is -2.31. The van der Waals surface area contributed by atoms with Gasteiger partial charge in [0, 0.05) is 0 Å². The summed E-state index contributed by atoms with van der Waals surface area (Å²) >= 11 is 0. The second kappa shape index (κ2) is 8.68. The Bertz CT molecular complexity index is 907. The van der Waals surface area contributed by atoms with Crippen molar-refractivity contribution in [2.24, 2.45) is 0 Å². The first-order valence-corrected chi connectivity index (χ1v) is 10.1. The maximum atomic E-state index is 13.5. The standard InChI is InChI=1S/C23H24FN3O2/c24-19-9-4-10-20(16-19)27-22(28)17-21(23(27)29)26-14-12-25(13-15-26)11-5-8-18-6-2-1-3-7-18/h1-10,16,21H,11-15,17H2/p+2/b8-5+/t21-/m1/s1. The molecule has 2 N–H and O–H groups in total. The van der Waals surface area contributed by atoms with Gasteiger partial charge in [0.05, 0.1) is 18.7 Å². The lowest BCUT2D eigenvalue weighted by Crippen LogP contribution is -3.30. The van der Waals surface area contributed by atoms with Crippen LogP contribution < -0.4 is 14.7 Å². The Labute approximate surface area is 170 Å². The van der Waals surface area contributed by atoms with Crippen LogP contribution in [0, 0.1) is 5.82 Å². The van der Waals surface area contributed by atoms with E-state index in [9.17, 15) is 14.0 Å². The molecule has 0 aliphatic carbocycles. The highest BCUT2D eigenvalue weighted by Gasteiger charge is 2.46. The number of nitrogens with one attached hydrogen (secondary N) is 2. The molecule has 6 heteroatoms. The minimum Gasteiger partial charge on any atom is -0.322 e. The number of quaternary nitrogens is 2. The molecule has 0 saturated carbocycles. The lowest BCUT2D eigenvalue weighted by molar-refractivity contribution is -1.02. The van der Waals surface area contributed by atoms with Crippen molar-refractivity contribution in [1.29, 1.82) is 0 Å². The van der Waals surface area contributed by atoms with Crippen molar-refractivity contribution in [3.63, 3.8) is 0 Å². The van der Waals surface area contributed by atoms with Crippen LogP contribution in [0.1, 0.15) is 12.0 Å². The number of hydrogen-bond acceptors (Lipinski definition) is 2. The molecule has 5 nitrogen and oxygen atoms in total. The van der Waals surface area contributed by atoms with Crippen molar-refractivity contribution in [3.8, 4) is 0 Å². The van der Waals surface area contributed by atoms with E-state index in [2.05, 4.69) is 24.3 Å². The van der Waals surface area contributed by atoms with E-state index in [-0.39, 0.29) is 24.3 Å². The fourth-order valence-corrected chi connectivity index (χ4v) is 4.24. The van der Waals surface area contributed by atoms with Gasteiger partial charge in [-0.05, 0) is 29.8 Å². The van der Waals surface area contributed by atoms with Crippen LogP contribution in [0.2, 0.25) is 0 Å². The average Bonchev–Trinajstić information content (AvgIpc) is 3.03. The van der Waals surface area contributed by atoms with E-state index in [0.717, 1.165) is 42.5 Å². The molecule has 0 spiro atoms. The predicted octanol–water partition coefficient (Wildman–Crippen LogP) is -0.0456. The third-order valence-corrected chi connectivity index (χ3v) is 5.82. The highest BCUT2D eigenvalue weighted by molar-refractivity contribution is 6.21. The molecule has 2 aromatic rings. The van der Waals surface area contributed by atoms with Crippen LogP contribution >= 0.6 is 0 Å². The van der Waals surface area contributed by atoms with Crippen molar-refractivity contribution in [2.75, 3.05) is 37.6 Å². The topological polar surface area (TPSA) is 46.3 Å². The van der Waals surface area contributed by atoms with Gasteiger partial charge < -0.3 is 9.80 Å². The van der Waals surface area contributed by atoms with Gasteiger partial charge in [0.25, 0.3) is 5.91 Å². The summed E-state index contributed by atoms with van der Waals surface area (Å²) in [6.45, 7) is 4.60. The maximum Gasteiger partial charge on any atom is 0.292 e. The van der Waals surface area contributed by atoms with Crippen molar-refractivity contribution in [1.82, 2.24) is 0 Å². The highest BCUT2D eigenvalue weighted by Crippen LogP contribution is 2.22. The fourth-order valence-electron chi connectivity index (χ4n) is 4.24. The molecule has 2 saturated heterocycles. The Morgan fingerprint density at radius 3 is 2.48 bits per heavy atom. The highest BCUT2D eigenvalue weighted by atomic mass is 19.1. The minimum absolute atomic E-state index is 0.202. The summed E-state index contributed by atoms with van der Waals surface area (Å²) < 4.78 is 13.5. The molecular formula is C23H26FN3O2+2. The van der Waals surface area contributed by atoms with E-state index in [1.54, 1.807) is 6.07 Å². The van der Waals surface area contributed by atoms with Gasteiger partial charge >= 0.3 is 0 Å². The van der Waals surface area contributed by atoms with Crippen LogP contribution in [0.25, 0.3) is 6.08 Å². The third kappa shape index (κ3) is 4.44. The molecule has 2 aliphatic heterocycles. The second-order valence-electron chi connectivity index (χ2n) is 7.73. The van der Waals surface area contributed by atoms with Crippen LogP contribution in [-0.2, 0) is 9.59 Å². The first-order chi connectivity index (χ1) is 14.1. The van der Waals surface area contributed by atoms with Crippen LogP contribution in [0.4, 0.5) is 10.1 Å². The van der Waals surface area contributed by atoms with E-state index in [0.29, 0.717) is 5.69 Å². The van der Waals surface area contributed by atoms with E-state index in [1.807, 2.05) is 18.2 Å². The molecule has 4 rings (SSSR count). The van der Waals surface area contributed by atoms with Gasteiger partial charge in [0.2, 0.25) is 5.91 Å². The first-order valence-electron chi connectivity index (χ1n) is 10.1. The van der Waals surface area contributed by atoms with Crippen LogP contribution in [-0.4, -0.2) is 50.6 Å². The zero-order chi connectivity index (χ0) is 20.2. The fraction of sp³-hybridized carbons (Fsp3) is 0.304. The van der Waals surface area contributed by atoms with Gasteiger partial charge in [0.1, 0.15) is 32.0 Å². The summed E-state index contributed by atoms with van der Waals surface area (Å²) in [6.07, 6.45) is 4.54. The van der Waals surface area contributed by atoms with Crippen molar-refractivity contribution < 1.29 is 23.8 Å². The van der Waals surface area contributed by atoms with E-state index in [4.69, 9.17) is 0 Å². The molecule has 0 unspecified atom stereocenters. The average molecular weight is 395 g/mol. The number of benzene rings is 2. The molecule has 2 amide bonds. The quantitative estimate of drug-likeness (QED) is 0.698. The number of hydrogen-bond donors (Lipinski definition) is 2. The first kappa shape index (κ1) is 19.5. The molecule has 0 radical (unpaired) electrons. The van der Waals surface area contributed by atoms with Gasteiger partial charge in [-0.2, -0.15) is 0 Å². The van der Waals surface area contributed by atoms with Gasteiger partial charge in [-0.1, -0.05) is 42.5 Å². The minimum atomic E-state index is -0.445. The Morgan fingerprint density at radius 1 is 1.00 bits per heavy atom. The number of anilines is 1. The Kier molecular flexibility index (Phi) is 5.83. The number of imide groups is 1. The molecule has 2 fully saturated rings. The van der Waals surface area contributed by atoms with Crippen molar-refractivity contribution in [3.05, 3.63) is 72.1 Å². The van der Waals surface area contributed by atoms with E-state index in [1.165, 1.54) is 28.7 Å². The Hall–Kier alpha value is -2.83. The molecular weight excluding hydrogens is 369 g/mol. The van der Waals surface area contributed by atoms with Gasteiger partial charge in [-0.25, -0.2) is 9.29 Å². The van der Waals surface area contributed by atoms with Gasteiger partial charge in [-0.3, -0.25) is 9.59 Å². The summed E-state index contributed by atoms with van der Waals surface area (Å²) in [6, 6.07) is 15.6. The molecule has 2 heterocycles. The zero-order valence-electron chi connectivity index (χ0n) is 16.3. The van der Waals surface area contributed by atoms with Crippen LogP contribution in [0.15, 0.2) is 60.7 Å². The summed E-state index contributed by atoms with van der Waals surface area (Å²) in [7, 11) is 0. The number of nitrogens with zero attached hydrogens (tertiary/aromatic N) is 1.